The molecule has 0 amide bonds. The zero-order valence-corrected chi connectivity index (χ0v) is 11.9. The number of hydrogen-bond acceptors (Lipinski definition) is 2. The topological polar surface area (TPSA) is 21.3 Å². The van der Waals surface area contributed by atoms with Gasteiger partial charge in [-0.1, -0.05) is 25.1 Å². The predicted octanol–water partition coefficient (Wildman–Crippen LogP) is 4.43. The van der Waals surface area contributed by atoms with Crippen molar-refractivity contribution in [3.63, 3.8) is 0 Å². The molecule has 0 saturated heterocycles. The Morgan fingerprint density at radius 1 is 1.10 bits per heavy atom. The van der Waals surface area contributed by atoms with Crippen LogP contribution in [0.2, 0.25) is 0 Å². The average Bonchev–Trinajstić information content (AvgIpc) is 2.45. The van der Waals surface area contributed by atoms with Gasteiger partial charge in [-0.05, 0) is 55.3 Å². The van der Waals surface area contributed by atoms with Gasteiger partial charge in [-0.15, -0.1) is 0 Å². The largest absolute Gasteiger partial charge is 0.454 e. The molecular formula is C17H20FNO. The van der Waals surface area contributed by atoms with E-state index in [9.17, 15) is 4.39 Å². The number of rotatable bonds is 6. The summed E-state index contributed by atoms with van der Waals surface area (Å²) < 4.78 is 19.2. The van der Waals surface area contributed by atoms with Crippen LogP contribution in [0.25, 0.3) is 0 Å². The lowest BCUT2D eigenvalue weighted by Gasteiger charge is -2.09. The molecule has 3 heteroatoms. The zero-order valence-electron chi connectivity index (χ0n) is 11.9. The van der Waals surface area contributed by atoms with E-state index >= 15 is 0 Å². The van der Waals surface area contributed by atoms with E-state index in [1.54, 1.807) is 12.1 Å². The van der Waals surface area contributed by atoms with Crippen molar-refractivity contribution in [1.82, 2.24) is 5.32 Å². The first-order valence-corrected chi connectivity index (χ1v) is 6.92. The fraction of sp³-hybridized carbons (Fsp3) is 0.294. The zero-order chi connectivity index (χ0) is 14.4. The summed E-state index contributed by atoms with van der Waals surface area (Å²) in [6.07, 6.45) is 1.12. The molecule has 2 aromatic carbocycles. The molecule has 2 nitrogen and oxygen atoms in total. The summed E-state index contributed by atoms with van der Waals surface area (Å²) in [5.41, 5.74) is 2.16. The van der Waals surface area contributed by atoms with E-state index in [0.717, 1.165) is 25.1 Å². The second-order valence-electron chi connectivity index (χ2n) is 4.86. The van der Waals surface area contributed by atoms with Gasteiger partial charge in [-0.3, -0.25) is 0 Å². The molecule has 0 radical (unpaired) electrons. The van der Waals surface area contributed by atoms with E-state index in [-0.39, 0.29) is 11.6 Å². The fourth-order valence-electron chi connectivity index (χ4n) is 1.90. The fourth-order valence-corrected chi connectivity index (χ4v) is 1.90. The SMILES string of the molecule is CCCNCc1ccc(Oc2cc(C)ccc2F)cc1. The lowest BCUT2D eigenvalue weighted by Crippen LogP contribution is -2.13. The van der Waals surface area contributed by atoms with Crippen molar-refractivity contribution >= 4 is 0 Å². The molecule has 0 unspecified atom stereocenters. The van der Waals surface area contributed by atoms with Crippen molar-refractivity contribution in [2.45, 2.75) is 26.8 Å². The first-order valence-electron chi connectivity index (χ1n) is 6.92. The van der Waals surface area contributed by atoms with Crippen LogP contribution in [0.5, 0.6) is 11.5 Å². The maximum atomic E-state index is 13.6. The molecule has 0 aliphatic heterocycles. The summed E-state index contributed by atoms with van der Waals surface area (Å²) in [5.74, 6) is 0.569. The third kappa shape index (κ3) is 4.07. The summed E-state index contributed by atoms with van der Waals surface area (Å²) in [5, 5.41) is 3.34. The first kappa shape index (κ1) is 14.5. The van der Waals surface area contributed by atoms with Gasteiger partial charge in [0.1, 0.15) is 5.75 Å². The van der Waals surface area contributed by atoms with Crippen LogP contribution in [-0.4, -0.2) is 6.54 Å². The third-order valence-corrected chi connectivity index (χ3v) is 2.99. The van der Waals surface area contributed by atoms with Crippen LogP contribution in [0.1, 0.15) is 24.5 Å². The molecule has 2 rings (SSSR count). The number of benzene rings is 2. The molecule has 1 N–H and O–H groups in total. The molecule has 0 spiro atoms. The molecule has 0 aliphatic rings. The highest BCUT2D eigenvalue weighted by molar-refractivity contribution is 5.35. The molecule has 0 aromatic heterocycles. The third-order valence-electron chi connectivity index (χ3n) is 2.99. The summed E-state index contributed by atoms with van der Waals surface area (Å²) in [7, 11) is 0. The molecule has 0 fully saturated rings. The Balaban J connectivity index is 2.01. The van der Waals surface area contributed by atoms with E-state index < -0.39 is 0 Å². The number of nitrogens with one attached hydrogen (secondary N) is 1. The number of halogens is 1. The molecule has 0 atom stereocenters. The van der Waals surface area contributed by atoms with E-state index in [0.29, 0.717) is 5.75 Å². The van der Waals surface area contributed by atoms with Crippen molar-refractivity contribution in [3.05, 3.63) is 59.4 Å². The Morgan fingerprint density at radius 2 is 1.85 bits per heavy atom. The van der Waals surface area contributed by atoms with Gasteiger partial charge in [0, 0.05) is 6.54 Å². The molecule has 20 heavy (non-hydrogen) atoms. The molecule has 0 bridgehead atoms. The monoisotopic (exact) mass is 273 g/mol. The highest BCUT2D eigenvalue weighted by atomic mass is 19.1. The average molecular weight is 273 g/mol. The van der Waals surface area contributed by atoms with Crippen molar-refractivity contribution in [2.24, 2.45) is 0 Å². The van der Waals surface area contributed by atoms with Crippen molar-refractivity contribution in [2.75, 3.05) is 6.54 Å². The Kier molecular flexibility index (Phi) is 5.13. The standard InChI is InChI=1S/C17H20FNO/c1-3-10-19-12-14-5-7-15(8-6-14)20-17-11-13(2)4-9-16(17)18/h4-9,11,19H,3,10,12H2,1-2H3. The van der Waals surface area contributed by atoms with Gasteiger partial charge in [0.2, 0.25) is 0 Å². The van der Waals surface area contributed by atoms with Crippen LogP contribution in [0.15, 0.2) is 42.5 Å². The predicted molar refractivity (Wildman–Crippen MR) is 79.7 cm³/mol. The van der Waals surface area contributed by atoms with Crippen LogP contribution in [0.3, 0.4) is 0 Å². The van der Waals surface area contributed by atoms with E-state index in [1.807, 2.05) is 31.2 Å². The normalized spacial score (nSPS) is 10.6. The van der Waals surface area contributed by atoms with Crippen LogP contribution in [0.4, 0.5) is 4.39 Å². The molecule has 0 saturated carbocycles. The number of hydrogen-bond donors (Lipinski definition) is 1. The number of aryl methyl sites for hydroxylation is 1. The minimum Gasteiger partial charge on any atom is -0.454 e. The van der Waals surface area contributed by atoms with Gasteiger partial charge in [0.15, 0.2) is 11.6 Å². The van der Waals surface area contributed by atoms with Crippen LogP contribution in [-0.2, 0) is 6.54 Å². The first-order chi connectivity index (χ1) is 9.69. The van der Waals surface area contributed by atoms with Gasteiger partial charge in [-0.25, -0.2) is 4.39 Å². The summed E-state index contributed by atoms with van der Waals surface area (Å²) in [4.78, 5) is 0. The Hall–Kier alpha value is -1.87. The lowest BCUT2D eigenvalue weighted by molar-refractivity contribution is 0.441. The lowest BCUT2D eigenvalue weighted by atomic mass is 10.2. The maximum Gasteiger partial charge on any atom is 0.165 e. The smallest absolute Gasteiger partial charge is 0.165 e. The Labute approximate surface area is 119 Å². The molecule has 0 heterocycles. The van der Waals surface area contributed by atoms with Gasteiger partial charge < -0.3 is 10.1 Å². The summed E-state index contributed by atoms with van der Waals surface area (Å²) in [6.45, 7) is 5.90. The Bertz CT molecular complexity index is 551. The number of ether oxygens (including phenoxy) is 1. The van der Waals surface area contributed by atoms with Gasteiger partial charge in [-0.2, -0.15) is 0 Å². The van der Waals surface area contributed by atoms with Crippen molar-refractivity contribution in [1.29, 1.82) is 0 Å². The van der Waals surface area contributed by atoms with Gasteiger partial charge in [0.05, 0.1) is 0 Å². The summed E-state index contributed by atoms with van der Waals surface area (Å²) >= 11 is 0. The van der Waals surface area contributed by atoms with Crippen molar-refractivity contribution in [3.8, 4) is 11.5 Å². The Morgan fingerprint density at radius 3 is 2.55 bits per heavy atom. The van der Waals surface area contributed by atoms with Crippen LogP contribution >= 0.6 is 0 Å². The van der Waals surface area contributed by atoms with Gasteiger partial charge in [0.25, 0.3) is 0 Å². The molecular weight excluding hydrogens is 253 g/mol. The minimum atomic E-state index is -0.343. The van der Waals surface area contributed by atoms with E-state index in [2.05, 4.69) is 12.2 Å². The van der Waals surface area contributed by atoms with E-state index in [1.165, 1.54) is 11.6 Å². The van der Waals surface area contributed by atoms with E-state index in [4.69, 9.17) is 4.74 Å². The highest BCUT2D eigenvalue weighted by Gasteiger charge is 2.05. The maximum absolute atomic E-state index is 13.6. The van der Waals surface area contributed by atoms with Crippen LogP contribution in [0, 0.1) is 12.7 Å². The quantitative estimate of drug-likeness (QED) is 0.786. The second kappa shape index (κ2) is 7.06. The molecule has 0 aliphatic carbocycles. The van der Waals surface area contributed by atoms with Crippen LogP contribution < -0.4 is 10.1 Å². The summed E-state index contributed by atoms with van der Waals surface area (Å²) in [6, 6.07) is 12.6. The second-order valence-corrected chi connectivity index (χ2v) is 4.86. The molecule has 106 valence electrons. The minimum absolute atomic E-state index is 0.266. The van der Waals surface area contributed by atoms with Crippen molar-refractivity contribution < 1.29 is 9.13 Å². The molecule has 2 aromatic rings. The highest BCUT2D eigenvalue weighted by Crippen LogP contribution is 2.25. The van der Waals surface area contributed by atoms with Gasteiger partial charge >= 0.3 is 0 Å².